The molecule has 6 aromatic rings. The fraction of sp³-hybridized carbons (Fsp3) is 0.320. The summed E-state index contributed by atoms with van der Waals surface area (Å²) in [6.07, 6.45) is 8.65. The third-order valence-corrected chi connectivity index (χ3v) is 10.6. The van der Waals surface area contributed by atoms with E-state index < -0.39 is 5.97 Å². The van der Waals surface area contributed by atoms with Crippen LogP contribution in [0.1, 0.15) is 86.7 Å². The Kier molecular flexibility index (Phi) is 19.6. The highest BCUT2D eigenvalue weighted by molar-refractivity contribution is 9.10. The summed E-state index contributed by atoms with van der Waals surface area (Å²) >= 11 is 3.49. The number of aromatic carboxylic acids is 1. The highest BCUT2D eigenvalue weighted by atomic mass is 79.9. The van der Waals surface area contributed by atoms with Gasteiger partial charge in [-0.15, -0.1) is 0 Å². The third kappa shape index (κ3) is 16.3. The summed E-state index contributed by atoms with van der Waals surface area (Å²) in [5.74, 6) is 0.0153. The van der Waals surface area contributed by atoms with Gasteiger partial charge in [0.2, 0.25) is 0 Å². The molecule has 0 aliphatic rings. The van der Waals surface area contributed by atoms with Gasteiger partial charge in [0.05, 0.1) is 5.56 Å². The van der Waals surface area contributed by atoms with E-state index in [-0.39, 0.29) is 5.92 Å². The molecule has 9 heteroatoms. The first-order chi connectivity index (χ1) is 28.4. The zero-order valence-corrected chi connectivity index (χ0v) is 37.3. The topological polar surface area (TPSA) is 85.7 Å². The molecular weight excluding hydrogens is 796 g/mol. The number of carboxylic acids is 1. The molecule has 8 nitrogen and oxygen atoms in total. The van der Waals surface area contributed by atoms with Gasteiger partial charge in [0, 0.05) is 57.9 Å². The van der Waals surface area contributed by atoms with Crippen molar-refractivity contribution in [2.75, 3.05) is 61.9 Å². The van der Waals surface area contributed by atoms with E-state index in [9.17, 15) is 4.79 Å². The molecule has 0 aliphatic heterocycles. The summed E-state index contributed by atoms with van der Waals surface area (Å²) in [7, 11) is 12.5. The lowest BCUT2D eigenvalue weighted by atomic mass is 9.91. The maximum Gasteiger partial charge on any atom is 0.335 e. The largest absolute Gasteiger partial charge is 0.478 e. The molecule has 310 valence electrons. The van der Waals surface area contributed by atoms with Gasteiger partial charge in [0.25, 0.3) is 0 Å². The van der Waals surface area contributed by atoms with E-state index in [0.717, 1.165) is 66.0 Å². The van der Waals surface area contributed by atoms with E-state index >= 15 is 0 Å². The number of carboxylic acid groups (broad SMARTS) is 1. The predicted molar refractivity (Wildman–Crippen MR) is 246 cm³/mol. The molecule has 3 atom stereocenters. The van der Waals surface area contributed by atoms with E-state index in [4.69, 9.17) is 5.11 Å². The molecule has 0 fully saturated rings. The van der Waals surface area contributed by atoms with Crippen LogP contribution in [0.2, 0.25) is 0 Å². The van der Waals surface area contributed by atoms with Gasteiger partial charge in [-0.1, -0.05) is 88.2 Å². The van der Waals surface area contributed by atoms with Crippen LogP contribution in [0, 0.1) is 6.92 Å². The quantitative estimate of drug-likeness (QED) is 0.103. The van der Waals surface area contributed by atoms with Gasteiger partial charge in [-0.2, -0.15) is 0 Å². The van der Waals surface area contributed by atoms with Crippen molar-refractivity contribution in [3.8, 4) is 0 Å². The average molecular weight is 858 g/mol. The maximum atomic E-state index is 10.9. The fourth-order valence-corrected chi connectivity index (χ4v) is 6.98. The van der Waals surface area contributed by atoms with Gasteiger partial charge in [-0.05, 0) is 165 Å². The molecule has 0 bridgehead atoms. The Hall–Kier alpha value is -5.06. The molecule has 0 amide bonds. The van der Waals surface area contributed by atoms with Gasteiger partial charge < -0.3 is 19.8 Å². The SMILES string of the molecule is CN(C)CCC(c1ccc(Br)cc1)c1ccccn1.CN(C)CCC(c1ccc(C(=O)O)cc1)c1ccccn1.Cc1ccc(C(CCN(C)C)c2ccccn2)cc1. The first-order valence-corrected chi connectivity index (χ1v) is 21.0. The lowest BCUT2D eigenvalue weighted by Gasteiger charge is -2.19. The summed E-state index contributed by atoms with van der Waals surface area (Å²) in [5, 5.41) is 8.99. The van der Waals surface area contributed by atoms with E-state index in [2.05, 4.69) is 153 Å². The zero-order chi connectivity index (χ0) is 42.6. The summed E-state index contributed by atoms with van der Waals surface area (Å²) in [6, 6.07) is 42.7. The smallest absolute Gasteiger partial charge is 0.335 e. The lowest BCUT2D eigenvalue weighted by Crippen LogP contribution is -2.17. The van der Waals surface area contributed by atoms with Crippen LogP contribution in [0.25, 0.3) is 0 Å². The van der Waals surface area contributed by atoms with Gasteiger partial charge in [-0.25, -0.2) is 4.79 Å². The van der Waals surface area contributed by atoms with E-state index in [1.165, 1.54) is 16.7 Å². The first kappa shape index (κ1) is 46.6. The monoisotopic (exact) mass is 856 g/mol. The number of carbonyl (C=O) groups is 1. The number of halogens is 1. The van der Waals surface area contributed by atoms with Crippen molar-refractivity contribution >= 4 is 21.9 Å². The lowest BCUT2D eigenvalue weighted by molar-refractivity contribution is 0.0697. The number of aryl methyl sites for hydroxylation is 1. The second-order valence-electron chi connectivity index (χ2n) is 15.6. The molecule has 59 heavy (non-hydrogen) atoms. The Bertz CT molecular complexity index is 1950. The Labute approximate surface area is 361 Å². The van der Waals surface area contributed by atoms with E-state index in [0.29, 0.717) is 17.4 Å². The number of hydrogen-bond acceptors (Lipinski definition) is 7. The predicted octanol–water partition coefficient (Wildman–Crippen LogP) is 10.3. The standard InChI is InChI=1S/C17H20N2O2.C17H22N2.C16H19BrN2/c1-19(2)12-10-15(16-5-3-4-11-18-16)13-6-8-14(9-7-13)17(20)21;1-14-7-9-15(10-8-14)16(11-13-19(2)3)17-6-4-5-12-18-17;1-19(2)12-10-15(16-5-3-4-11-18-16)13-6-8-14(17)9-7-13/h3-9,11,15H,10,12H2,1-2H3,(H,20,21);4-10,12,16H,11,13H2,1-3H3;3-9,11,15H,10,12H2,1-2H3. The molecule has 0 saturated heterocycles. The van der Waals surface area contributed by atoms with Crippen molar-refractivity contribution in [1.82, 2.24) is 29.7 Å². The van der Waals surface area contributed by atoms with Crippen LogP contribution >= 0.6 is 15.9 Å². The summed E-state index contributed by atoms with van der Waals surface area (Å²) in [4.78, 5) is 31.1. The zero-order valence-electron chi connectivity index (χ0n) is 35.7. The molecule has 0 aliphatic carbocycles. The normalized spacial score (nSPS) is 12.5. The number of hydrogen-bond donors (Lipinski definition) is 1. The van der Waals surface area contributed by atoms with Crippen LogP contribution in [-0.2, 0) is 0 Å². The molecular formula is C50H61BrN6O2. The minimum atomic E-state index is -0.899. The van der Waals surface area contributed by atoms with Crippen molar-refractivity contribution in [3.05, 3.63) is 195 Å². The minimum Gasteiger partial charge on any atom is -0.478 e. The number of rotatable bonds is 16. The number of benzene rings is 3. The second-order valence-corrected chi connectivity index (χ2v) is 16.5. The van der Waals surface area contributed by atoms with Crippen LogP contribution < -0.4 is 0 Å². The maximum absolute atomic E-state index is 10.9. The molecule has 0 spiro atoms. The molecule has 3 aromatic carbocycles. The average Bonchev–Trinajstić information content (AvgIpc) is 3.24. The first-order valence-electron chi connectivity index (χ1n) is 20.2. The van der Waals surface area contributed by atoms with Gasteiger partial charge in [0.1, 0.15) is 0 Å². The summed E-state index contributed by atoms with van der Waals surface area (Å²) in [5.41, 5.74) is 8.71. The highest BCUT2D eigenvalue weighted by Gasteiger charge is 2.18. The molecule has 3 aromatic heterocycles. The van der Waals surface area contributed by atoms with Crippen LogP contribution in [0.5, 0.6) is 0 Å². The fourth-order valence-electron chi connectivity index (χ4n) is 6.72. The molecule has 3 heterocycles. The van der Waals surface area contributed by atoms with E-state index in [1.807, 2.05) is 69.0 Å². The van der Waals surface area contributed by atoms with E-state index in [1.54, 1.807) is 18.3 Å². The Morgan fingerprint density at radius 1 is 0.508 bits per heavy atom. The van der Waals surface area contributed by atoms with Crippen molar-refractivity contribution in [3.63, 3.8) is 0 Å². The number of nitrogens with zero attached hydrogens (tertiary/aromatic N) is 6. The van der Waals surface area contributed by atoms with Crippen molar-refractivity contribution in [2.45, 2.75) is 43.9 Å². The molecule has 0 saturated carbocycles. The molecule has 0 radical (unpaired) electrons. The summed E-state index contributed by atoms with van der Waals surface area (Å²) in [6.45, 7) is 5.19. The molecule has 6 rings (SSSR count). The van der Waals surface area contributed by atoms with Crippen molar-refractivity contribution in [2.24, 2.45) is 0 Å². The van der Waals surface area contributed by atoms with Crippen LogP contribution in [-0.4, -0.2) is 103 Å². The van der Waals surface area contributed by atoms with Gasteiger partial charge >= 0.3 is 5.97 Å². The second kappa shape index (κ2) is 24.8. The number of aromatic nitrogens is 3. The van der Waals surface area contributed by atoms with Crippen molar-refractivity contribution in [1.29, 1.82) is 0 Å². The Balaban J connectivity index is 0.000000196. The van der Waals surface area contributed by atoms with Gasteiger partial charge in [-0.3, -0.25) is 15.0 Å². The van der Waals surface area contributed by atoms with Crippen molar-refractivity contribution < 1.29 is 9.90 Å². The van der Waals surface area contributed by atoms with Gasteiger partial charge in [0.15, 0.2) is 0 Å². The minimum absolute atomic E-state index is 0.177. The Morgan fingerprint density at radius 2 is 0.831 bits per heavy atom. The number of pyridine rings is 3. The van der Waals surface area contributed by atoms with Crippen LogP contribution in [0.3, 0.4) is 0 Å². The molecule has 1 N–H and O–H groups in total. The summed E-state index contributed by atoms with van der Waals surface area (Å²) < 4.78 is 1.11. The highest BCUT2D eigenvalue weighted by Crippen LogP contribution is 2.29. The van der Waals surface area contributed by atoms with Crippen LogP contribution in [0.15, 0.2) is 150 Å². The molecule has 3 unspecified atom stereocenters. The Morgan fingerprint density at radius 3 is 1.12 bits per heavy atom. The van der Waals surface area contributed by atoms with Crippen LogP contribution in [0.4, 0.5) is 0 Å². The third-order valence-electron chi connectivity index (χ3n) is 10.0.